The molecule has 0 aliphatic carbocycles. The van der Waals surface area contributed by atoms with Crippen LogP contribution in [0.2, 0.25) is 0 Å². The lowest BCUT2D eigenvalue weighted by Gasteiger charge is -2.15. The number of carboxylic acid groups (broad SMARTS) is 2. The van der Waals surface area contributed by atoms with Gasteiger partial charge in [-0.3, -0.25) is 0 Å². The Morgan fingerprint density at radius 3 is 1.17 bits per heavy atom. The molecule has 0 fully saturated rings. The lowest BCUT2D eigenvalue weighted by molar-refractivity contribution is 0.0682. The van der Waals surface area contributed by atoms with Crippen LogP contribution in [0.4, 0.5) is 0 Å². The first-order chi connectivity index (χ1) is 16.6. The van der Waals surface area contributed by atoms with Gasteiger partial charge in [0.2, 0.25) is 0 Å². The van der Waals surface area contributed by atoms with Gasteiger partial charge in [-0.05, 0) is 81.9 Å². The average molecular weight is 472 g/mol. The summed E-state index contributed by atoms with van der Waals surface area (Å²) in [5.74, 6) is -3.68. The van der Waals surface area contributed by atoms with Gasteiger partial charge in [0.25, 0.3) is 0 Å². The van der Waals surface area contributed by atoms with Crippen molar-refractivity contribution in [3.05, 3.63) is 95.1 Å². The van der Waals surface area contributed by atoms with Gasteiger partial charge in [0.05, 0.1) is 0 Å². The van der Waals surface area contributed by atoms with E-state index >= 15 is 0 Å². The van der Waals surface area contributed by atoms with E-state index in [1.807, 2.05) is 0 Å². The molecule has 0 saturated carbocycles. The van der Waals surface area contributed by atoms with Gasteiger partial charge in [-0.15, -0.1) is 0 Å². The van der Waals surface area contributed by atoms with Crippen molar-refractivity contribution in [3.8, 4) is 45.3 Å². The van der Waals surface area contributed by atoms with Gasteiger partial charge in [0.1, 0.15) is 34.1 Å². The highest BCUT2D eigenvalue weighted by Crippen LogP contribution is 2.37. The van der Waals surface area contributed by atoms with E-state index in [2.05, 4.69) is 0 Å². The van der Waals surface area contributed by atoms with Gasteiger partial charge in [0, 0.05) is 6.42 Å². The molecule has 0 amide bonds. The van der Waals surface area contributed by atoms with E-state index in [1.54, 1.807) is 36.4 Å². The number of aromatic hydroxyl groups is 4. The third-order valence-electron chi connectivity index (χ3n) is 5.62. The summed E-state index contributed by atoms with van der Waals surface area (Å²) in [7, 11) is 0. The number of phenolic OH excluding ortho intramolecular Hbond substituents is 2. The first-order valence-corrected chi connectivity index (χ1v) is 10.4. The summed E-state index contributed by atoms with van der Waals surface area (Å²) in [5.41, 5.74) is 1.65. The highest BCUT2D eigenvalue weighted by atomic mass is 16.4. The van der Waals surface area contributed by atoms with E-state index in [0.29, 0.717) is 22.3 Å². The molecule has 4 aromatic rings. The number of benzene rings is 4. The number of hydrogen-bond donors (Lipinski definition) is 6. The van der Waals surface area contributed by atoms with Crippen LogP contribution in [0.1, 0.15) is 31.8 Å². The quantitative estimate of drug-likeness (QED) is 0.233. The van der Waals surface area contributed by atoms with Crippen LogP contribution in [0.5, 0.6) is 23.0 Å². The third-order valence-corrected chi connectivity index (χ3v) is 5.62. The summed E-state index contributed by atoms with van der Waals surface area (Å²) in [6.07, 6.45) is -0.171. The second-order valence-electron chi connectivity index (χ2n) is 7.94. The Bertz CT molecular complexity index is 1330. The molecule has 6 N–H and O–H groups in total. The smallest absolute Gasteiger partial charge is 0.339 e. The van der Waals surface area contributed by atoms with Gasteiger partial charge >= 0.3 is 11.9 Å². The van der Waals surface area contributed by atoms with Crippen LogP contribution in [0.15, 0.2) is 72.8 Å². The Morgan fingerprint density at radius 2 is 0.857 bits per heavy atom. The minimum Gasteiger partial charge on any atom is -0.508 e. The minimum absolute atomic E-state index is 0.0309. The van der Waals surface area contributed by atoms with E-state index < -0.39 is 23.4 Å². The van der Waals surface area contributed by atoms with E-state index in [-0.39, 0.29) is 40.2 Å². The molecular formula is C27H20O8. The van der Waals surface area contributed by atoms with Gasteiger partial charge in [-0.25, -0.2) is 9.59 Å². The highest BCUT2D eigenvalue weighted by molar-refractivity contribution is 5.94. The van der Waals surface area contributed by atoms with Crippen LogP contribution in [0, 0.1) is 0 Å². The fraction of sp³-hybridized carbons (Fsp3) is 0.0370. The average Bonchev–Trinajstić information content (AvgIpc) is 2.82. The van der Waals surface area contributed by atoms with Crippen molar-refractivity contribution in [2.75, 3.05) is 0 Å². The van der Waals surface area contributed by atoms with E-state index in [1.165, 1.54) is 36.4 Å². The monoisotopic (exact) mass is 472 g/mol. The van der Waals surface area contributed by atoms with Crippen molar-refractivity contribution >= 4 is 11.9 Å². The molecular weight excluding hydrogens is 452 g/mol. The molecule has 0 aliphatic rings. The molecule has 0 radical (unpaired) electrons. The van der Waals surface area contributed by atoms with E-state index in [4.69, 9.17) is 0 Å². The Balaban J connectivity index is 1.87. The number of carbonyl (C=O) groups is 2. The molecule has 0 aromatic heterocycles. The third kappa shape index (κ3) is 4.72. The highest BCUT2D eigenvalue weighted by Gasteiger charge is 2.21. The van der Waals surface area contributed by atoms with Crippen molar-refractivity contribution in [2.24, 2.45) is 0 Å². The fourth-order valence-corrected chi connectivity index (χ4v) is 3.83. The summed E-state index contributed by atoms with van der Waals surface area (Å²) in [6.45, 7) is 0. The van der Waals surface area contributed by atoms with E-state index in [0.717, 1.165) is 0 Å². The van der Waals surface area contributed by atoms with Crippen LogP contribution in [-0.4, -0.2) is 42.6 Å². The lowest BCUT2D eigenvalue weighted by Crippen LogP contribution is -2.03. The van der Waals surface area contributed by atoms with Crippen LogP contribution in [0.25, 0.3) is 22.3 Å². The largest absolute Gasteiger partial charge is 0.508 e. The van der Waals surface area contributed by atoms with E-state index in [9.17, 15) is 40.2 Å². The van der Waals surface area contributed by atoms with Crippen molar-refractivity contribution in [2.45, 2.75) is 6.42 Å². The topological polar surface area (TPSA) is 156 Å². The summed E-state index contributed by atoms with van der Waals surface area (Å²) in [4.78, 5) is 23.6. The molecule has 0 saturated heterocycles. The first-order valence-electron chi connectivity index (χ1n) is 10.4. The van der Waals surface area contributed by atoms with Crippen molar-refractivity contribution in [1.29, 1.82) is 0 Å². The molecule has 8 heteroatoms. The summed E-state index contributed by atoms with van der Waals surface area (Å²) < 4.78 is 0. The molecule has 4 aromatic carbocycles. The molecule has 0 atom stereocenters. The Labute approximate surface area is 199 Å². The second-order valence-corrected chi connectivity index (χ2v) is 7.94. The summed E-state index contributed by atoms with van der Waals surface area (Å²) in [6, 6.07) is 17.8. The van der Waals surface area contributed by atoms with Gasteiger partial charge < -0.3 is 30.6 Å². The fourth-order valence-electron chi connectivity index (χ4n) is 3.83. The minimum atomic E-state index is -1.36. The molecule has 4 rings (SSSR count). The SMILES string of the molecule is O=C(O)c1cc(-c2ccc(O)cc2)cc(Cc2cc(-c3ccc(O)cc3)cc(C(=O)O)c2O)c1O. The number of rotatable bonds is 6. The van der Waals surface area contributed by atoms with Crippen molar-refractivity contribution in [3.63, 3.8) is 0 Å². The number of carboxylic acids is 2. The Morgan fingerprint density at radius 1 is 0.514 bits per heavy atom. The van der Waals surface area contributed by atoms with Crippen molar-refractivity contribution < 1.29 is 40.2 Å². The standard InChI is InChI=1S/C27H20O8/c28-20-5-1-14(2-6-20)16-9-18(24(30)22(12-16)26(32)33)11-19-10-17(13-23(25(19)31)27(34)35)15-3-7-21(29)8-4-15/h1-10,12-13,28-31H,11H2,(H,32,33)(H,34,35). The van der Waals surface area contributed by atoms with Crippen molar-refractivity contribution in [1.82, 2.24) is 0 Å². The van der Waals surface area contributed by atoms with Gasteiger partial charge in [0.15, 0.2) is 0 Å². The van der Waals surface area contributed by atoms with Crippen LogP contribution in [0.3, 0.4) is 0 Å². The molecule has 0 spiro atoms. The zero-order valence-corrected chi connectivity index (χ0v) is 18.1. The maximum absolute atomic E-state index is 11.8. The predicted molar refractivity (Wildman–Crippen MR) is 127 cm³/mol. The molecule has 0 unspecified atom stereocenters. The zero-order valence-electron chi connectivity index (χ0n) is 18.1. The van der Waals surface area contributed by atoms with Gasteiger partial charge in [-0.1, -0.05) is 24.3 Å². The van der Waals surface area contributed by atoms with Gasteiger partial charge in [-0.2, -0.15) is 0 Å². The molecule has 0 heterocycles. The zero-order chi connectivity index (χ0) is 25.3. The number of aromatic carboxylic acids is 2. The molecule has 0 bridgehead atoms. The molecule has 8 nitrogen and oxygen atoms in total. The number of hydrogen-bond acceptors (Lipinski definition) is 6. The summed E-state index contributed by atoms with van der Waals surface area (Å²) >= 11 is 0. The number of phenols is 4. The molecule has 35 heavy (non-hydrogen) atoms. The van der Waals surface area contributed by atoms with Crippen LogP contribution < -0.4 is 0 Å². The molecule has 0 aliphatic heterocycles. The van der Waals surface area contributed by atoms with Crippen LogP contribution in [-0.2, 0) is 6.42 Å². The lowest BCUT2D eigenvalue weighted by atomic mass is 9.92. The maximum atomic E-state index is 11.8. The predicted octanol–water partition coefficient (Wildman–Crippen LogP) is 4.83. The maximum Gasteiger partial charge on any atom is 0.339 e. The normalized spacial score (nSPS) is 10.7. The Kier molecular flexibility index (Phi) is 6.03. The summed E-state index contributed by atoms with van der Waals surface area (Å²) in [5, 5.41) is 59.7. The van der Waals surface area contributed by atoms with Crippen LogP contribution >= 0.6 is 0 Å². The second kappa shape index (κ2) is 9.11. The molecule has 176 valence electrons. The first kappa shape index (κ1) is 23.2. The Hall–Kier alpha value is -4.98.